The van der Waals surface area contributed by atoms with Crippen LogP contribution in [0.2, 0.25) is 0 Å². The van der Waals surface area contributed by atoms with Gasteiger partial charge in [-0.05, 0) is 76.3 Å². The quantitative estimate of drug-likeness (QED) is 0.246. The van der Waals surface area contributed by atoms with Crippen LogP contribution < -0.4 is 5.32 Å². The first-order valence-corrected chi connectivity index (χ1v) is 15.5. The number of hydroxylamine groups is 2. The van der Waals surface area contributed by atoms with Gasteiger partial charge in [-0.2, -0.15) is 4.90 Å². The molecule has 0 aromatic heterocycles. The van der Waals surface area contributed by atoms with Gasteiger partial charge in [0.1, 0.15) is 25.5 Å². The predicted octanol–water partition coefficient (Wildman–Crippen LogP) is 4.27. The number of ether oxygens (including phenoxy) is 3. The van der Waals surface area contributed by atoms with Gasteiger partial charge in [0.2, 0.25) is 0 Å². The first kappa shape index (κ1) is 36.3. The van der Waals surface area contributed by atoms with Gasteiger partial charge in [-0.3, -0.25) is 15.0 Å². The monoisotopic (exact) mass is 668 g/mol. The Morgan fingerprint density at radius 1 is 0.958 bits per heavy atom. The number of nitrogens with zero attached hydrogens (tertiary/aromatic N) is 3. The van der Waals surface area contributed by atoms with E-state index >= 15 is 0 Å². The van der Waals surface area contributed by atoms with Crippen LogP contribution in [-0.2, 0) is 23.8 Å². The third-order valence-electron chi connectivity index (χ3n) is 7.23. The van der Waals surface area contributed by atoms with Crippen molar-refractivity contribution in [1.82, 2.24) is 20.2 Å². The number of fused-ring (bicyclic) bond motifs is 3. The number of carbonyl (C=O) groups excluding carboxylic acids is 4. The lowest BCUT2D eigenvalue weighted by atomic mass is 9.98. The van der Waals surface area contributed by atoms with E-state index in [-0.39, 0.29) is 18.1 Å². The van der Waals surface area contributed by atoms with Gasteiger partial charge in [-0.15, -0.1) is 0 Å². The lowest BCUT2D eigenvalue weighted by Gasteiger charge is -2.37. The Labute approximate surface area is 279 Å². The van der Waals surface area contributed by atoms with Crippen LogP contribution in [0.15, 0.2) is 60.3 Å². The zero-order valence-corrected chi connectivity index (χ0v) is 28.3. The molecule has 2 aromatic rings. The van der Waals surface area contributed by atoms with Gasteiger partial charge < -0.3 is 24.4 Å². The van der Waals surface area contributed by atoms with Crippen LogP contribution in [0.5, 0.6) is 0 Å². The van der Waals surface area contributed by atoms with Crippen molar-refractivity contribution in [2.45, 2.75) is 78.1 Å². The number of alkyl carbamates (subject to hydrolysis) is 1. The SMILES string of the molecule is CC1=CN(CC(=O)N(CC(O)OC(C)(C)C)OCNC(=O)OCC2c3ccccc3-c3ccccc32)C(=O)N(C(=O)OC(C)(C)C)C1O. The minimum absolute atomic E-state index is 0.0589. The lowest BCUT2D eigenvalue weighted by molar-refractivity contribution is -0.233. The topological polar surface area (TPSA) is 167 Å². The van der Waals surface area contributed by atoms with E-state index in [1.54, 1.807) is 41.5 Å². The van der Waals surface area contributed by atoms with Crippen LogP contribution in [0.3, 0.4) is 0 Å². The largest absolute Gasteiger partial charge is 0.449 e. The molecule has 3 N–H and O–H groups in total. The molecule has 2 atom stereocenters. The molecule has 1 aliphatic carbocycles. The van der Waals surface area contributed by atoms with E-state index in [9.17, 15) is 29.4 Å². The first-order chi connectivity index (χ1) is 22.4. The van der Waals surface area contributed by atoms with E-state index in [0.717, 1.165) is 32.2 Å². The summed E-state index contributed by atoms with van der Waals surface area (Å²) in [6.45, 7) is 9.78. The summed E-state index contributed by atoms with van der Waals surface area (Å²) < 4.78 is 16.3. The normalized spacial score (nSPS) is 16.9. The number of nitrogens with one attached hydrogen (secondary N) is 1. The molecule has 0 radical (unpaired) electrons. The van der Waals surface area contributed by atoms with E-state index in [1.807, 2.05) is 48.5 Å². The van der Waals surface area contributed by atoms with Gasteiger partial charge in [0.15, 0.2) is 12.5 Å². The van der Waals surface area contributed by atoms with Crippen LogP contribution in [-0.4, -0.2) is 99.3 Å². The molecule has 1 heterocycles. The number of benzene rings is 2. The molecule has 0 spiro atoms. The molecular weight excluding hydrogens is 624 g/mol. The molecule has 0 bridgehead atoms. The fraction of sp³-hybridized carbons (Fsp3) is 0.471. The highest BCUT2D eigenvalue weighted by atomic mass is 16.7. The summed E-state index contributed by atoms with van der Waals surface area (Å²) in [6, 6.07) is 14.8. The van der Waals surface area contributed by atoms with Crippen molar-refractivity contribution in [2.75, 3.05) is 26.4 Å². The van der Waals surface area contributed by atoms with Gasteiger partial charge in [0.25, 0.3) is 5.91 Å². The molecule has 2 unspecified atom stereocenters. The van der Waals surface area contributed by atoms with Crippen molar-refractivity contribution in [3.63, 3.8) is 0 Å². The number of hydrogen-bond acceptors (Lipinski definition) is 10. The standard InChI is InChI=1S/C34H44N4O10/c1-21-16-36(31(43)38(29(21)41)32(44)48-34(5,6)7)17-27(39)37(18-28(40)47-33(2,3)4)46-20-35-30(42)45-19-26-24-14-10-8-12-22(24)23-13-9-11-15-25(23)26/h8-16,26,28-29,40-41H,17-20H2,1-7H3,(H,35,42). The van der Waals surface area contributed by atoms with E-state index in [1.165, 1.54) is 13.1 Å². The molecule has 2 aliphatic rings. The summed E-state index contributed by atoms with van der Waals surface area (Å²) >= 11 is 0. The minimum Gasteiger partial charge on any atom is -0.449 e. The number of aliphatic hydroxyl groups is 2. The minimum atomic E-state index is -1.60. The molecule has 2 aromatic carbocycles. The van der Waals surface area contributed by atoms with E-state index in [4.69, 9.17) is 19.0 Å². The van der Waals surface area contributed by atoms with Crippen molar-refractivity contribution in [2.24, 2.45) is 0 Å². The van der Waals surface area contributed by atoms with Crippen molar-refractivity contribution < 1.29 is 48.4 Å². The molecular formula is C34H44N4O10. The third kappa shape index (κ3) is 9.10. The Bertz CT molecular complexity index is 1500. The second-order valence-corrected chi connectivity index (χ2v) is 13.4. The third-order valence-corrected chi connectivity index (χ3v) is 7.23. The highest BCUT2D eigenvalue weighted by Crippen LogP contribution is 2.44. The number of imide groups is 1. The summed E-state index contributed by atoms with van der Waals surface area (Å²) in [6.07, 6.45) is -3.78. The number of rotatable bonds is 10. The van der Waals surface area contributed by atoms with Gasteiger partial charge in [-0.1, -0.05) is 48.5 Å². The van der Waals surface area contributed by atoms with Crippen LogP contribution in [0.25, 0.3) is 11.1 Å². The molecule has 14 nitrogen and oxygen atoms in total. The van der Waals surface area contributed by atoms with Gasteiger partial charge >= 0.3 is 18.2 Å². The lowest BCUT2D eigenvalue weighted by Crippen LogP contribution is -2.56. The molecule has 0 saturated heterocycles. The van der Waals surface area contributed by atoms with Crippen LogP contribution in [0.1, 0.15) is 65.5 Å². The van der Waals surface area contributed by atoms with Crippen LogP contribution in [0, 0.1) is 0 Å². The smallest absolute Gasteiger partial charge is 0.420 e. The number of amides is 5. The van der Waals surface area contributed by atoms with Gasteiger partial charge in [0, 0.05) is 12.1 Å². The number of carbonyl (C=O) groups is 4. The maximum atomic E-state index is 13.4. The van der Waals surface area contributed by atoms with Crippen molar-refractivity contribution in [3.8, 4) is 11.1 Å². The van der Waals surface area contributed by atoms with E-state index < -0.39 is 67.7 Å². The molecule has 1 aliphatic heterocycles. The Balaban J connectivity index is 1.40. The van der Waals surface area contributed by atoms with Gasteiger partial charge in [0.05, 0.1) is 12.1 Å². The summed E-state index contributed by atoms with van der Waals surface area (Å²) in [5, 5.41) is 24.2. The Morgan fingerprint density at radius 2 is 1.54 bits per heavy atom. The maximum absolute atomic E-state index is 13.4. The fourth-order valence-electron chi connectivity index (χ4n) is 5.27. The number of urea groups is 1. The Kier molecular flexibility index (Phi) is 11.1. The first-order valence-electron chi connectivity index (χ1n) is 15.5. The molecule has 5 amide bonds. The van der Waals surface area contributed by atoms with Crippen molar-refractivity contribution >= 4 is 24.1 Å². The average molecular weight is 669 g/mol. The highest BCUT2D eigenvalue weighted by molar-refractivity contribution is 5.95. The molecule has 14 heteroatoms. The average Bonchev–Trinajstić information content (AvgIpc) is 3.30. The van der Waals surface area contributed by atoms with Gasteiger partial charge in [-0.25, -0.2) is 24.3 Å². The van der Waals surface area contributed by atoms with E-state index in [2.05, 4.69) is 5.32 Å². The Morgan fingerprint density at radius 3 is 2.10 bits per heavy atom. The second kappa shape index (κ2) is 14.7. The number of aliphatic hydroxyl groups excluding tert-OH is 2. The zero-order chi connectivity index (χ0) is 35.4. The summed E-state index contributed by atoms with van der Waals surface area (Å²) in [5.41, 5.74) is 2.70. The molecule has 4 rings (SSSR count). The highest BCUT2D eigenvalue weighted by Gasteiger charge is 2.40. The van der Waals surface area contributed by atoms with Crippen LogP contribution >= 0.6 is 0 Å². The number of hydrogen-bond donors (Lipinski definition) is 3. The Hall–Kier alpha value is -4.50. The summed E-state index contributed by atoms with van der Waals surface area (Å²) in [7, 11) is 0. The summed E-state index contributed by atoms with van der Waals surface area (Å²) in [4.78, 5) is 59.0. The van der Waals surface area contributed by atoms with Crippen molar-refractivity contribution in [3.05, 3.63) is 71.4 Å². The van der Waals surface area contributed by atoms with E-state index in [0.29, 0.717) is 4.90 Å². The molecule has 0 saturated carbocycles. The van der Waals surface area contributed by atoms with Crippen LogP contribution in [0.4, 0.5) is 14.4 Å². The maximum Gasteiger partial charge on any atom is 0.420 e. The van der Waals surface area contributed by atoms with Crippen molar-refractivity contribution in [1.29, 1.82) is 0 Å². The fourth-order valence-corrected chi connectivity index (χ4v) is 5.27. The zero-order valence-electron chi connectivity index (χ0n) is 28.3. The summed E-state index contributed by atoms with van der Waals surface area (Å²) in [5.74, 6) is -0.997. The predicted molar refractivity (Wildman–Crippen MR) is 173 cm³/mol. The second-order valence-electron chi connectivity index (χ2n) is 13.4. The molecule has 0 fully saturated rings. The molecule has 260 valence electrons. The molecule has 48 heavy (non-hydrogen) atoms.